The maximum Gasteiger partial charge on any atom is 0.273 e. The van der Waals surface area contributed by atoms with Crippen molar-refractivity contribution < 1.29 is 13.9 Å². The summed E-state index contributed by atoms with van der Waals surface area (Å²) >= 11 is 1.37. The molecule has 0 unspecified atom stereocenters. The number of nitrogens with zero attached hydrogens (tertiary/aromatic N) is 2. The van der Waals surface area contributed by atoms with Gasteiger partial charge in [-0.05, 0) is 24.3 Å². The van der Waals surface area contributed by atoms with Crippen LogP contribution >= 0.6 is 11.3 Å². The third-order valence-corrected chi connectivity index (χ3v) is 3.67. The van der Waals surface area contributed by atoms with Crippen molar-refractivity contribution in [1.29, 1.82) is 0 Å². The summed E-state index contributed by atoms with van der Waals surface area (Å²) < 4.78 is 18.2. The van der Waals surface area contributed by atoms with Gasteiger partial charge in [0.05, 0.1) is 6.54 Å². The van der Waals surface area contributed by atoms with Gasteiger partial charge in [-0.2, -0.15) is 0 Å². The molecule has 112 valence electrons. The fraction of sp³-hybridized carbons (Fsp3) is 0.286. The van der Waals surface area contributed by atoms with Gasteiger partial charge in [-0.1, -0.05) is 0 Å². The zero-order chi connectivity index (χ0) is 15.2. The van der Waals surface area contributed by atoms with Crippen molar-refractivity contribution in [1.82, 2.24) is 9.88 Å². The summed E-state index contributed by atoms with van der Waals surface area (Å²) in [6, 6.07) is 5.75. The summed E-state index contributed by atoms with van der Waals surface area (Å²) in [7, 11) is 1.68. The zero-order valence-electron chi connectivity index (χ0n) is 11.6. The highest BCUT2D eigenvalue weighted by molar-refractivity contribution is 7.09. The molecule has 0 fully saturated rings. The van der Waals surface area contributed by atoms with Crippen LogP contribution in [0.4, 0.5) is 4.39 Å². The van der Waals surface area contributed by atoms with Crippen LogP contribution in [0.3, 0.4) is 0 Å². The molecule has 0 radical (unpaired) electrons. The van der Waals surface area contributed by atoms with Crippen LogP contribution in [0.25, 0.3) is 0 Å². The van der Waals surface area contributed by atoms with E-state index >= 15 is 0 Å². The Kier molecular flexibility index (Phi) is 5.24. The van der Waals surface area contributed by atoms with Crippen molar-refractivity contribution in [2.45, 2.75) is 6.54 Å². The maximum absolute atomic E-state index is 12.7. The van der Waals surface area contributed by atoms with Crippen LogP contribution in [-0.2, 0) is 6.54 Å². The van der Waals surface area contributed by atoms with E-state index in [1.807, 2.05) is 0 Å². The van der Waals surface area contributed by atoms with Crippen LogP contribution in [0.1, 0.15) is 15.5 Å². The molecule has 5 nitrogen and oxygen atoms in total. The number of amides is 1. The Morgan fingerprint density at radius 3 is 2.76 bits per heavy atom. The van der Waals surface area contributed by atoms with Crippen LogP contribution in [-0.4, -0.2) is 36.0 Å². The smallest absolute Gasteiger partial charge is 0.273 e. The Hall–Kier alpha value is -1.99. The molecule has 1 aromatic carbocycles. The number of carbonyl (C=O) groups excluding carboxylic acids is 1. The van der Waals surface area contributed by atoms with Crippen molar-refractivity contribution in [2.24, 2.45) is 5.73 Å². The van der Waals surface area contributed by atoms with E-state index in [9.17, 15) is 9.18 Å². The van der Waals surface area contributed by atoms with Crippen LogP contribution in [0.15, 0.2) is 29.6 Å². The van der Waals surface area contributed by atoms with Gasteiger partial charge < -0.3 is 15.4 Å². The second-order valence-electron chi connectivity index (χ2n) is 4.36. The number of nitrogens with two attached hydrogens (primary N) is 1. The lowest BCUT2D eigenvalue weighted by molar-refractivity contribution is 0.0768. The van der Waals surface area contributed by atoms with Gasteiger partial charge in [0, 0.05) is 19.0 Å². The molecule has 0 spiro atoms. The summed E-state index contributed by atoms with van der Waals surface area (Å²) in [4.78, 5) is 17.8. The van der Waals surface area contributed by atoms with E-state index in [-0.39, 0.29) is 11.7 Å². The predicted octanol–water partition coefficient (Wildman–Crippen LogP) is 1.89. The molecule has 2 aromatic rings. The summed E-state index contributed by atoms with van der Waals surface area (Å²) in [5.41, 5.74) is 5.86. The molecule has 7 heteroatoms. The topological polar surface area (TPSA) is 68.5 Å². The highest BCUT2D eigenvalue weighted by atomic mass is 32.1. The first kappa shape index (κ1) is 15.4. The number of likely N-dealkylation sites (N-methyl/N-ethyl adjacent to an activating group) is 1. The highest BCUT2D eigenvalue weighted by Gasteiger charge is 2.15. The second kappa shape index (κ2) is 7.14. The maximum atomic E-state index is 12.7. The molecular formula is C14H16FN3O2S. The molecular weight excluding hydrogens is 293 g/mol. The normalized spacial score (nSPS) is 10.4. The first-order chi connectivity index (χ1) is 10.1. The highest BCUT2D eigenvalue weighted by Crippen LogP contribution is 2.12. The molecule has 2 N–H and O–H groups in total. The summed E-state index contributed by atoms with van der Waals surface area (Å²) in [6.45, 7) is 1.06. The van der Waals surface area contributed by atoms with Gasteiger partial charge in [-0.25, -0.2) is 9.37 Å². The van der Waals surface area contributed by atoms with Gasteiger partial charge in [0.1, 0.15) is 28.9 Å². The minimum Gasteiger partial charge on any atom is -0.492 e. The monoisotopic (exact) mass is 309 g/mol. The number of rotatable bonds is 6. The molecule has 0 aliphatic carbocycles. The standard InChI is InChI=1S/C14H16FN3O2S/c1-18(14(19)12-9-21-13(8-16)17-12)6-7-20-11-4-2-10(15)3-5-11/h2-5,9H,6-8,16H2,1H3. The van der Waals surface area contributed by atoms with E-state index in [1.54, 1.807) is 24.6 Å². The van der Waals surface area contributed by atoms with E-state index in [1.165, 1.54) is 28.4 Å². The number of halogens is 1. The molecule has 2 rings (SSSR count). The molecule has 1 aromatic heterocycles. The fourth-order valence-electron chi connectivity index (χ4n) is 1.63. The lowest BCUT2D eigenvalue weighted by Gasteiger charge is -2.16. The SMILES string of the molecule is CN(CCOc1ccc(F)cc1)C(=O)c1csc(CN)n1. The van der Waals surface area contributed by atoms with Gasteiger partial charge in [0.15, 0.2) is 0 Å². The van der Waals surface area contributed by atoms with Crippen LogP contribution in [0.5, 0.6) is 5.75 Å². The Morgan fingerprint density at radius 2 is 2.14 bits per heavy atom. The summed E-state index contributed by atoms with van der Waals surface area (Å²) in [5, 5.41) is 2.43. The van der Waals surface area contributed by atoms with Crippen LogP contribution < -0.4 is 10.5 Å². The minimum atomic E-state index is -0.311. The molecule has 1 heterocycles. The van der Waals surface area contributed by atoms with E-state index in [2.05, 4.69) is 4.98 Å². The summed E-state index contributed by atoms with van der Waals surface area (Å²) in [5.74, 6) is 0.0823. The first-order valence-corrected chi connectivity index (χ1v) is 7.26. The number of carbonyl (C=O) groups is 1. The third-order valence-electron chi connectivity index (χ3n) is 2.80. The number of ether oxygens (including phenoxy) is 1. The molecule has 0 bridgehead atoms. The number of hydrogen-bond donors (Lipinski definition) is 1. The molecule has 0 aliphatic rings. The lowest BCUT2D eigenvalue weighted by atomic mass is 10.3. The van der Waals surface area contributed by atoms with Crippen molar-refractivity contribution in [3.05, 3.63) is 46.2 Å². The van der Waals surface area contributed by atoms with Gasteiger partial charge in [-0.3, -0.25) is 4.79 Å². The average Bonchev–Trinajstić information content (AvgIpc) is 2.97. The molecule has 21 heavy (non-hydrogen) atoms. The van der Waals surface area contributed by atoms with Gasteiger partial charge >= 0.3 is 0 Å². The van der Waals surface area contributed by atoms with Crippen LogP contribution in [0.2, 0.25) is 0 Å². The van der Waals surface area contributed by atoms with E-state index < -0.39 is 0 Å². The largest absolute Gasteiger partial charge is 0.492 e. The Labute approximate surface area is 126 Å². The predicted molar refractivity (Wildman–Crippen MR) is 78.9 cm³/mol. The van der Waals surface area contributed by atoms with E-state index in [0.717, 1.165) is 5.01 Å². The molecule has 1 amide bonds. The molecule has 0 saturated carbocycles. The lowest BCUT2D eigenvalue weighted by Crippen LogP contribution is -2.31. The van der Waals surface area contributed by atoms with Crippen molar-refractivity contribution >= 4 is 17.2 Å². The minimum absolute atomic E-state index is 0.173. The second-order valence-corrected chi connectivity index (χ2v) is 5.30. The van der Waals surface area contributed by atoms with Gasteiger partial charge in [0.2, 0.25) is 0 Å². The van der Waals surface area contributed by atoms with Crippen molar-refractivity contribution in [3.63, 3.8) is 0 Å². The van der Waals surface area contributed by atoms with Crippen molar-refractivity contribution in [2.75, 3.05) is 20.2 Å². The molecule has 0 atom stereocenters. The quantitative estimate of drug-likeness (QED) is 0.885. The molecule has 0 saturated heterocycles. The van der Waals surface area contributed by atoms with Gasteiger partial charge in [-0.15, -0.1) is 11.3 Å². The third kappa shape index (κ3) is 4.24. The Morgan fingerprint density at radius 1 is 1.43 bits per heavy atom. The first-order valence-electron chi connectivity index (χ1n) is 6.38. The Balaban J connectivity index is 1.82. The zero-order valence-corrected chi connectivity index (χ0v) is 12.4. The fourth-order valence-corrected chi connectivity index (χ4v) is 2.28. The van der Waals surface area contributed by atoms with E-state index in [4.69, 9.17) is 10.5 Å². The number of thiazole rings is 1. The average molecular weight is 309 g/mol. The number of aromatic nitrogens is 1. The van der Waals surface area contributed by atoms with E-state index in [0.29, 0.717) is 31.1 Å². The number of hydrogen-bond acceptors (Lipinski definition) is 5. The van der Waals surface area contributed by atoms with Crippen molar-refractivity contribution in [3.8, 4) is 5.75 Å². The molecule has 0 aliphatic heterocycles. The summed E-state index contributed by atoms with van der Waals surface area (Å²) in [6.07, 6.45) is 0. The number of benzene rings is 1. The van der Waals surface area contributed by atoms with Crippen LogP contribution in [0, 0.1) is 5.82 Å². The Bertz CT molecular complexity index is 601. The van der Waals surface area contributed by atoms with Gasteiger partial charge in [0.25, 0.3) is 5.91 Å².